The molecule has 3 rings (SSSR count). The summed E-state index contributed by atoms with van der Waals surface area (Å²) < 4.78 is 31.0. The topological polar surface area (TPSA) is 105 Å². The van der Waals surface area contributed by atoms with Crippen molar-refractivity contribution in [3.05, 3.63) is 90.0 Å². The monoisotopic (exact) mass is 467 g/mol. The highest BCUT2D eigenvalue weighted by Crippen LogP contribution is 2.17. The zero-order valence-corrected chi connectivity index (χ0v) is 19.1. The van der Waals surface area contributed by atoms with Crippen LogP contribution in [0, 0.1) is 0 Å². The summed E-state index contributed by atoms with van der Waals surface area (Å²) in [6, 6.07) is 22.5. The average Bonchev–Trinajstić information content (AvgIpc) is 2.83. The maximum atomic E-state index is 12.2. The van der Waals surface area contributed by atoms with Crippen molar-refractivity contribution in [3.8, 4) is 5.75 Å². The Bertz CT molecular complexity index is 1190. The van der Waals surface area contributed by atoms with Crippen molar-refractivity contribution in [2.75, 3.05) is 19.4 Å². The zero-order chi connectivity index (χ0) is 23.8. The van der Waals surface area contributed by atoms with E-state index < -0.39 is 21.8 Å². The summed E-state index contributed by atoms with van der Waals surface area (Å²) in [6.07, 6.45) is 0. The molecule has 0 heterocycles. The maximum Gasteiger partial charge on any atom is 0.313 e. The molecule has 9 heteroatoms. The Hall–Kier alpha value is -3.69. The molecule has 0 aliphatic carbocycles. The standard InChI is InChI=1S/C24H25N3O5S/c1-27(2)33(30,31)22-14-8-18(9-15-22)16-25-23(28)24(29)26-20-10-12-21(13-11-20)32-17-19-6-4-3-5-7-19/h3-15H,16-17H2,1-2H3,(H,25,28)(H,26,29). The minimum atomic E-state index is -3.52. The van der Waals surface area contributed by atoms with Crippen LogP contribution in [0.15, 0.2) is 83.8 Å². The number of nitrogens with zero attached hydrogens (tertiary/aromatic N) is 1. The molecule has 0 radical (unpaired) electrons. The Kier molecular flexibility index (Phi) is 7.81. The average molecular weight is 468 g/mol. The minimum absolute atomic E-state index is 0.0841. The molecular formula is C24H25N3O5S. The van der Waals surface area contributed by atoms with E-state index in [1.807, 2.05) is 30.3 Å². The molecule has 33 heavy (non-hydrogen) atoms. The number of carbonyl (C=O) groups is 2. The van der Waals surface area contributed by atoms with Gasteiger partial charge in [-0.05, 0) is 47.5 Å². The van der Waals surface area contributed by atoms with Gasteiger partial charge in [0.2, 0.25) is 10.0 Å². The van der Waals surface area contributed by atoms with Gasteiger partial charge in [0.1, 0.15) is 12.4 Å². The van der Waals surface area contributed by atoms with Gasteiger partial charge >= 0.3 is 11.8 Å². The first-order chi connectivity index (χ1) is 15.8. The summed E-state index contributed by atoms with van der Waals surface area (Å²) in [5.74, 6) is -0.967. The van der Waals surface area contributed by atoms with E-state index in [0.717, 1.165) is 9.87 Å². The van der Waals surface area contributed by atoms with Crippen molar-refractivity contribution in [1.82, 2.24) is 9.62 Å². The first kappa shape index (κ1) is 24.0. The van der Waals surface area contributed by atoms with Crippen molar-refractivity contribution in [3.63, 3.8) is 0 Å². The molecule has 0 atom stereocenters. The van der Waals surface area contributed by atoms with Crippen molar-refractivity contribution >= 4 is 27.5 Å². The lowest BCUT2D eigenvalue weighted by Gasteiger charge is -2.12. The number of hydrogen-bond donors (Lipinski definition) is 2. The van der Waals surface area contributed by atoms with Gasteiger partial charge in [-0.25, -0.2) is 12.7 Å². The number of nitrogens with one attached hydrogen (secondary N) is 2. The Morgan fingerprint density at radius 1 is 0.818 bits per heavy atom. The second kappa shape index (κ2) is 10.8. The highest BCUT2D eigenvalue weighted by molar-refractivity contribution is 7.89. The maximum absolute atomic E-state index is 12.2. The van der Waals surface area contributed by atoms with Crippen molar-refractivity contribution in [1.29, 1.82) is 0 Å². The van der Waals surface area contributed by atoms with Crippen LogP contribution in [0.2, 0.25) is 0 Å². The zero-order valence-electron chi connectivity index (χ0n) is 18.3. The quantitative estimate of drug-likeness (QED) is 0.496. The van der Waals surface area contributed by atoms with Gasteiger partial charge in [-0.2, -0.15) is 0 Å². The van der Waals surface area contributed by atoms with Gasteiger partial charge in [0, 0.05) is 26.3 Å². The highest BCUT2D eigenvalue weighted by atomic mass is 32.2. The van der Waals surface area contributed by atoms with Gasteiger partial charge in [0.25, 0.3) is 0 Å². The third-order valence-corrected chi connectivity index (χ3v) is 6.55. The summed E-state index contributed by atoms with van der Waals surface area (Å²) in [6.45, 7) is 0.512. The highest BCUT2D eigenvalue weighted by Gasteiger charge is 2.17. The van der Waals surface area contributed by atoms with Gasteiger partial charge in [-0.15, -0.1) is 0 Å². The lowest BCUT2D eigenvalue weighted by atomic mass is 10.2. The predicted octanol–water partition coefficient (Wildman–Crippen LogP) is 2.77. The smallest absolute Gasteiger partial charge is 0.313 e. The van der Waals surface area contributed by atoms with E-state index in [2.05, 4.69) is 10.6 Å². The molecule has 8 nitrogen and oxygen atoms in total. The van der Waals surface area contributed by atoms with E-state index in [1.165, 1.54) is 26.2 Å². The molecule has 0 unspecified atom stereocenters. The largest absolute Gasteiger partial charge is 0.489 e. The normalized spacial score (nSPS) is 11.1. The molecule has 0 saturated carbocycles. The molecule has 172 valence electrons. The van der Waals surface area contributed by atoms with Crippen LogP contribution < -0.4 is 15.4 Å². The first-order valence-electron chi connectivity index (χ1n) is 10.1. The number of anilines is 1. The predicted molar refractivity (Wildman–Crippen MR) is 125 cm³/mol. The van der Waals surface area contributed by atoms with Crippen molar-refractivity contribution < 1.29 is 22.7 Å². The Morgan fingerprint density at radius 3 is 2.06 bits per heavy atom. The molecule has 0 fully saturated rings. The molecule has 3 aromatic rings. The van der Waals surface area contributed by atoms with Gasteiger partial charge in [0.05, 0.1) is 4.90 Å². The lowest BCUT2D eigenvalue weighted by Crippen LogP contribution is -2.34. The SMILES string of the molecule is CN(C)S(=O)(=O)c1ccc(CNC(=O)C(=O)Nc2ccc(OCc3ccccc3)cc2)cc1. The molecule has 2 amide bonds. The van der Waals surface area contributed by atoms with Gasteiger partial charge < -0.3 is 15.4 Å². The molecular weight excluding hydrogens is 442 g/mol. The van der Waals surface area contributed by atoms with Crippen molar-refractivity contribution in [2.45, 2.75) is 18.0 Å². The number of ether oxygens (including phenoxy) is 1. The number of amides is 2. The summed E-state index contributed by atoms with van der Waals surface area (Å²) in [5, 5.41) is 5.04. The molecule has 0 aromatic heterocycles. The fourth-order valence-electron chi connectivity index (χ4n) is 2.82. The second-order valence-corrected chi connectivity index (χ2v) is 9.52. The van der Waals surface area contributed by atoms with Crippen LogP contribution in [0.1, 0.15) is 11.1 Å². The molecule has 0 aliphatic heterocycles. The molecule has 3 aromatic carbocycles. The molecule has 2 N–H and O–H groups in total. The number of sulfonamides is 1. The van der Waals surface area contributed by atoms with Crippen LogP contribution in [0.4, 0.5) is 5.69 Å². The molecule has 0 aliphatic rings. The fourth-order valence-corrected chi connectivity index (χ4v) is 3.72. The van der Waals surface area contributed by atoms with Crippen LogP contribution in [-0.4, -0.2) is 38.6 Å². The van der Waals surface area contributed by atoms with Crippen LogP contribution in [0.5, 0.6) is 5.75 Å². The summed E-state index contributed by atoms with van der Waals surface area (Å²) in [4.78, 5) is 24.4. The van der Waals surface area contributed by atoms with E-state index in [0.29, 0.717) is 23.6 Å². The number of carbonyl (C=O) groups excluding carboxylic acids is 2. The fraction of sp³-hybridized carbons (Fsp3) is 0.167. The van der Waals surface area contributed by atoms with Crippen LogP contribution in [-0.2, 0) is 32.8 Å². The van der Waals surface area contributed by atoms with Crippen molar-refractivity contribution in [2.24, 2.45) is 0 Å². The van der Waals surface area contributed by atoms with Gasteiger partial charge in [-0.1, -0.05) is 42.5 Å². The third kappa shape index (κ3) is 6.64. The van der Waals surface area contributed by atoms with E-state index in [4.69, 9.17) is 4.74 Å². The van der Waals surface area contributed by atoms with E-state index >= 15 is 0 Å². The Balaban J connectivity index is 1.48. The van der Waals surface area contributed by atoms with Crippen LogP contribution in [0.25, 0.3) is 0 Å². The Labute approximate surface area is 193 Å². The summed E-state index contributed by atoms with van der Waals surface area (Å²) >= 11 is 0. The van der Waals surface area contributed by atoms with Gasteiger partial charge in [-0.3, -0.25) is 9.59 Å². The van der Waals surface area contributed by atoms with Gasteiger partial charge in [0.15, 0.2) is 0 Å². The van der Waals surface area contributed by atoms with Crippen LogP contribution >= 0.6 is 0 Å². The first-order valence-corrected chi connectivity index (χ1v) is 11.6. The molecule has 0 bridgehead atoms. The molecule has 0 spiro atoms. The minimum Gasteiger partial charge on any atom is -0.489 e. The van der Waals surface area contributed by atoms with Crippen LogP contribution in [0.3, 0.4) is 0 Å². The lowest BCUT2D eigenvalue weighted by molar-refractivity contribution is -0.136. The third-order valence-electron chi connectivity index (χ3n) is 4.72. The molecule has 0 saturated heterocycles. The Morgan fingerprint density at radius 2 is 1.45 bits per heavy atom. The second-order valence-electron chi connectivity index (χ2n) is 7.37. The number of hydrogen-bond acceptors (Lipinski definition) is 5. The summed E-state index contributed by atoms with van der Waals surface area (Å²) in [5.41, 5.74) is 2.16. The van der Waals surface area contributed by atoms with E-state index in [-0.39, 0.29) is 11.4 Å². The van der Waals surface area contributed by atoms with E-state index in [1.54, 1.807) is 36.4 Å². The number of benzene rings is 3. The van der Waals surface area contributed by atoms with E-state index in [9.17, 15) is 18.0 Å². The summed E-state index contributed by atoms with van der Waals surface area (Å²) in [7, 11) is -0.618. The number of rotatable bonds is 8.